The van der Waals surface area contributed by atoms with Crippen LogP contribution in [0.2, 0.25) is 0 Å². The van der Waals surface area contributed by atoms with Crippen molar-refractivity contribution < 1.29 is 14.7 Å². The zero-order chi connectivity index (χ0) is 18.8. The van der Waals surface area contributed by atoms with Crippen LogP contribution in [0.15, 0.2) is 12.4 Å². The zero-order valence-corrected chi connectivity index (χ0v) is 15.3. The Morgan fingerprint density at radius 2 is 1.92 bits per heavy atom. The number of carboxylic acid groups (broad SMARTS) is 1. The minimum atomic E-state index is -1.14. The van der Waals surface area contributed by atoms with Crippen LogP contribution < -0.4 is 0 Å². The van der Waals surface area contributed by atoms with Gasteiger partial charge in [-0.1, -0.05) is 0 Å². The molecule has 0 bridgehead atoms. The summed E-state index contributed by atoms with van der Waals surface area (Å²) < 4.78 is 3.26. The molecule has 0 spiro atoms. The van der Waals surface area contributed by atoms with Gasteiger partial charge in [0.1, 0.15) is 11.3 Å². The van der Waals surface area contributed by atoms with Crippen LogP contribution >= 0.6 is 0 Å². The summed E-state index contributed by atoms with van der Waals surface area (Å²) in [7, 11) is 1.59. The van der Waals surface area contributed by atoms with Crippen LogP contribution in [-0.2, 0) is 20.1 Å². The number of carbonyl (C=O) groups excluding carboxylic acids is 1. The van der Waals surface area contributed by atoms with Gasteiger partial charge in [-0.2, -0.15) is 10.2 Å². The van der Waals surface area contributed by atoms with E-state index in [0.29, 0.717) is 13.1 Å². The van der Waals surface area contributed by atoms with Gasteiger partial charge in [0.15, 0.2) is 0 Å². The van der Waals surface area contributed by atoms with E-state index in [1.807, 2.05) is 11.6 Å². The maximum absolute atomic E-state index is 12.7. The van der Waals surface area contributed by atoms with E-state index in [4.69, 9.17) is 0 Å². The number of hydrogen-bond acceptors (Lipinski definition) is 5. The number of carboxylic acids is 1. The quantitative estimate of drug-likeness (QED) is 0.839. The van der Waals surface area contributed by atoms with E-state index in [9.17, 15) is 14.7 Å². The molecule has 1 N–H and O–H groups in total. The van der Waals surface area contributed by atoms with E-state index >= 15 is 0 Å². The maximum Gasteiger partial charge on any atom is 0.339 e. The zero-order valence-electron chi connectivity index (χ0n) is 15.3. The van der Waals surface area contributed by atoms with E-state index in [1.165, 1.54) is 16.4 Å². The highest BCUT2D eigenvalue weighted by molar-refractivity contribution is 6.03. The molecule has 26 heavy (non-hydrogen) atoms. The summed E-state index contributed by atoms with van der Waals surface area (Å²) in [6, 6.07) is 0. The van der Waals surface area contributed by atoms with Crippen molar-refractivity contribution in [1.82, 2.24) is 29.4 Å². The fourth-order valence-corrected chi connectivity index (χ4v) is 3.22. The monoisotopic (exact) mass is 360 g/mol. The molecule has 3 rings (SSSR count). The van der Waals surface area contributed by atoms with Crippen molar-refractivity contribution >= 4 is 11.9 Å². The van der Waals surface area contributed by atoms with E-state index in [1.54, 1.807) is 11.9 Å². The van der Waals surface area contributed by atoms with Gasteiger partial charge in [0.25, 0.3) is 5.91 Å². The SMILES string of the molecule is CCn1cc(CN2CCN(C(=O)c3c(C(=O)O)cnn3C)CC2)c(C)n1. The Morgan fingerprint density at radius 1 is 1.23 bits per heavy atom. The molecule has 1 fully saturated rings. The first-order chi connectivity index (χ1) is 12.4. The molecule has 1 amide bonds. The first-order valence-electron chi connectivity index (χ1n) is 8.70. The Hall–Kier alpha value is -2.68. The van der Waals surface area contributed by atoms with E-state index in [2.05, 4.69) is 28.2 Å². The molecular weight excluding hydrogens is 336 g/mol. The number of aryl methyl sites for hydroxylation is 3. The number of hydrogen-bond donors (Lipinski definition) is 1. The summed E-state index contributed by atoms with van der Waals surface area (Å²) in [5, 5.41) is 17.6. The lowest BCUT2D eigenvalue weighted by molar-refractivity contribution is 0.0599. The minimum Gasteiger partial charge on any atom is -0.478 e. The first kappa shape index (κ1) is 18.1. The van der Waals surface area contributed by atoms with E-state index in [0.717, 1.165) is 31.9 Å². The number of piperazine rings is 1. The Balaban J connectivity index is 1.63. The first-order valence-corrected chi connectivity index (χ1v) is 8.70. The van der Waals surface area contributed by atoms with E-state index < -0.39 is 5.97 Å². The number of aromatic nitrogens is 4. The summed E-state index contributed by atoms with van der Waals surface area (Å²) in [6.07, 6.45) is 3.29. The second-order valence-corrected chi connectivity index (χ2v) is 6.50. The fourth-order valence-electron chi connectivity index (χ4n) is 3.22. The molecule has 0 atom stereocenters. The summed E-state index contributed by atoms with van der Waals surface area (Å²) in [6.45, 7) is 8.32. The predicted octanol–water partition coefficient (Wildman–Crippen LogP) is 0.601. The average molecular weight is 360 g/mol. The Kier molecular flexibility index (Phi) is 5.08. The highest BCUT2D eigenvalue weighted by atomic mass is 16.4. The molecule has 0 saturated carbocycles. The van der Waals surface area contributed by atoms with Gasteiger partial charge in [0.2, 0.25) is 0 Å². The van der Waals surface area contributed by atoms with Gasteiger partial charge in [0, 0.05) is 58.1 Å². The maximum atomic E-state index is 12.7. The Bertz CT molecular complexity index is 817. The van der Waals surface area contributed by atoms with Crippen molar-refractivity contribution in [3.63, 3.8) is 0 Å². The van der Waals surface area contributed by atoms with Gasteiger partial charge in [-0.3, -0.25) is 19.1 Å². The van der Waals surface area contributed by atoms with Crippen molar-refractivity contribution in [3.05, 3.63) is 34.9 Å². The third-order valence-electron chi connectivity index (χ3n) is 4.80. The van der Waals surface area contributed by atoms with Crippen LogP contribution in [0.3, 0.4) is 0 Å². The summed E-state index contributed by atoms with van der Waals surface area (Å²) in [5.74, 6) is -1.42. The molecule has 3 heterocycles. The molecule has 9 nitrogen and oxygen atoms in total. The largest absolute Gasteiger partial charge is 0.478 e. The van der Waals surface area contributed by atoms with Crippen LogP contribution in [0.25, 0.3) is 0 Å². The molecule has 0 aromatic carbocycles. The third-order valence-corrected chi connectivity index (χ3v) is 4.80. The van der Waals surface area contributed by atoms with Crippen molar-refractivity contribution in [2.45, 2.75) is 26.9 Å². The van der Waals surface area contributed by atoms with Gasteiger partial charge < -0.3 is 10.0 Å². The molecule has 1 saturated heterocycles. The molecule has 2 aromatic rings. The highest BCUT2D eigenvalue weighted by Gasteiger charge is 2.28. The number of nitrogens with zero attached hydrogens (tertiary/aromatic N) is 6. The van der Waals surface area contributed by atoms with Crippen LogP contribution in [0.1, 0.15) is 39.0 Å². The lowest BCUT2D eigenvalue weighted by Crippen LogP contribution is -2.48. The molecular formula is C17H24N6O3. The number of aromatic carboxylic acids is 1. The smallest absolute Gasteiger partial charge is 0.339 e. The lowest BCUT2D eigenvalue weighted by Gasteiger charge is -2.34. The lowest BCUT2D eigenvalue weighted by atomic mass is 10.2. The van der Waals surface area contributed by atoms with Gasteiger partial charge >= 0.3 is 5.97 Å². The van der Waals surface area contributed by atoms with Gasteiger partial charge in [-0.25, -0.2) is 4.79 Å². The molecule has 1 aliphatic heterocycles. The fraction of sp³-hybridized carbons (Fsp3) is 0.529. The van der Waals surface area contributed by atoms with Crippen LogP contribution in [0, 0.1) is 6.92 Å². The highest BCUT2D eigenvalue weighted by Crippen LogP contribution is 2.15. The average Bonchev–Trinajstić information content (AvgIpc) is 3.18. The molecule has 1 aliphatic rings. The van der Waals surface area contributed by atoms with Crippen molar-refractivity contribution in [1.29, 1.82) is 0 Å². The topological polar surface area (TPSA) is 96.5 Å². The molecule has 0 unspecified atom stereocenters. The van der Waals surface area contributed by atoms with Crippen molar-refractivity contribution in [2.75, 3.05) is 26.2 Å². The van der Waals surface area contributed by atoms with Crippen molar-refractivity contribution in [3.8, 4) is 0 Å². The second kappa shape index (κ2) is 7.28. The summed E-state index contributed by atoms with van der Waals surface area (Å²) in [4.78, 5) is 28.0. The second-order valence-electron chi connectivity index (χ2n) is 6.50. The predicted molar refractivity (Wildman–Crippen MR) is 94.0 cm³/mol. The summed E-state index contributed by atoms with van der Waals surface area (Å²) in [5.41, 5.74) is 2.31. The molecule has 0 radical (unpaired) electrons. The Morgan fingerprint density at radius 3 is 2.50 bits per heavy atom. The number of amides is 1. The van der Waals surface area contributed by atoms with Gasteiger partial charge in [0.05, 0.1) is 11.9 Å². The standard InChI is InChI=1S/C17H24N6O3/c1-4-23-11-13(12(2)19-23)10-21-5-7-22(8-6-21)16(24)15-14(17(25)26)9-18-20(15)3/h9,11H,4-8,10H2,1-3H3,(H,25,26). The minimum absolute atomic E-state index is 0.0532. The number of carbonyl (C=O) groups is 2. The molecule has 9 heteroatoms. The van der Waals surface area contributed by atoms with Crippen LogP contribution in [0.4, 0.5) is 0 Å². The number of rotatable bonds is 5. The molecule has 0 aliphatic carbocycles. The van der Waals surface area contributed by atoms with Gasteiger partial charge in [-0.05, 0) is 13.8 Å². The molecule has 140 valence electrons. The van der Waals surface area contributed by atoms with Crippen molar-refractivity contribution in [2.24, 2.45) is 7.05 Å². The van der Waals surface area contributed by atoms with Gasteiger partial charge in [-0.15, -0.1) is 0 Å². The third kappa shape index (κ3) is 3.48. The normalized spacial score (nSPS) is 15.4. The van der Waals surface area contributed by atoms with Crippen LogP contribution in [0.5, 0.6) is 0 Å². The van der Waals surface area contributed by atoms with E-state index in [-0.39, 0.29) is 17.2 Å². The molecule has 2 aromatic heterocycles. The Labute approximate surface area is 151 Å². The summed E-state index contributed by atoms with van der Waals surface area (Å²) >= 11 is 0. The van der Waals surface area contributed by atoms with Crippen LogP contribution in [-0.4, -0.2) is 72.5 Å².